The molecule has 0 atom stereocenters. The topological polar surface area (TPSA) is 63.6 Å². The Morgan fingerprint density at radius 1 is 1.54 bits per heavy atom. The molecule has 70 valence electrons. The summed E-state index contributed by atoms with van der Waals surface area (Å²) in [5.41, 5.74) is 6.19. The Morgan fingerprint density at radius 3 is 3.08 bits per heavy atom. The standard InChI is InChI=1S/C9H14N4/c1-2-3-7-12-13-9-8(10)5-4-6-11-9/h4-6H,2-3,7,10H2,1H3. The van der Waals surface area contributed by atoms with Gasteiger partial charge in [-0.2, -0.15) is 5.11 Å². The highest BCUT2D eigenvalue weighted by molar-refractivity contribution is 5.55. The first kappa shape index (κ1) is 9.64. The molecule has 0 aliphatic carbocycles. The van der Waals surface area contributed by atoms with E-state index in [1.807, 2.05) is 0 Å². The van der Waals surface area contributed by atoms with Crippen LogP contribution in [0.2, 0.25) is 0 Å². The molecule has 0 saturated heterocycles. The van der Waals surface area contributed by atoms with Crippen LogP contribution in [0.4, 0.5) is 11.5 Å². The third-order valence-electron chi connectivity index (χ3n) is 1.59. The zero-order valence-corrected chi connectivity index (χ0v) is 7.77. The van der Waals surface area contributed by atoms with Gasteiger partial charge in [0.15, 0.2) is 5.82 Å². The molecule has 0 aliphatic rings. The van der Waals surface area contributed by atoms with Crippen LogP contribution in [0.25, 0.3) is 0 Å². The maximum absolute atomic E-state index is 5.62. The smallest absolute Gasteiger partial charge is 0.197 e. The third-order valence-corrected chi connectivity index (χ3v) is 1.59. The quantitative estimate of drug-likeness (QED) is 0.568. The van der Waals surface area contributed by atoms with Crippen LogP contribution in [0, 0.1) is 0 Å². The summed E-state index contributed by atoms with van der Waals surface area (Å²) >= 11 is 0. The van der Waals surface area contributed by atoms with Gasteiger partial charge < -0.3 is 5.73 Å². The molecule has 1 rings (SSSR count). The summed E-state index contributed by atoms with van der Waals surface area (Å²) in [6, 6.07) is 3.54. The highest BCUT2D eigenvalue weighted by Gasteiger charge is 1.94. The van der Waals surface area contributed by atoms with E-state index in [2.05, 4.69) is 22.1 Å². The number of hydrogen-bond donors (Lipinski definition) is 1. The van der Waals surface area contributed by atoms with E-state index in [0.29, 0.717) is 11.5 Å². The fourth-order valence-electron chi connectivity index (χ4n) is 0.839. The summed E-state index contributed by atoms with van der Waals surface area (Å²) in [5, 5.41) is 7.91. The lowest BCUT2D eigenvalue weighted by Gasteiger charge is -1.95. The van der Waals surface area contributed by atoms with Crippen LogP contribution in [0.1, 0.15) is 19.8 Å². The number of hydrogen-bond acceptors (Lipinski definition) is 4. The summed E-state index contributed by atoms with van der Waals surface area (Å²) in [4.78, 5) is 3.99. The lowest BCUT2D eigenvalue weighted by Crippen LogP contribution is -1.86. The number of nitrogen functional groups attached to an aromatic ring is 1. The van der Waals surface area contributed by atoms with Crippen molar-refractivity contribution < 1.29 is 0 Å². The van der Waals surface area contributed by atoms with Crippen molar-refractivity contribution in [2.24, 2.45) is 10.2 Å². The van der Waals surface area contributed by atoms with Crippen molar-refractivity contribution in [3.05, 3.63) is 18.3 Å². The predicted octanol–water partition coefficient (Wildman–Crippen LogP) is 2.55. The van der Waals surface area contributed by atoms with Crippen molar-refractivity contribution >= 4 is 11.5 Å². The first-order chi connectivity index (χ1) is 6.34. The van der Waals surface area contributed by atoms with Gasteiger partial charge in [-0.25, -0.2) is 4.98 Å². The Hall–Kier alpha value is -1.45. The molecule has 0 aromatic carbocycles. The van der Waals surface area contributed by atoms with E-state index >= 15 is 0 Å². The van der Waals surface area contributed by atoms with Crippen LogP contribution in [0.5, 0.6) is 0 Å². The van der Waals surface area contributed by atoms with Gasteiger partial charge in [-0.05, 0) is 18.6 Å². The summed E-state index contributed by atoms with van der Waals surface area (Å²) in [6.45, 7) is 2.86. The van der Waals surface area contributed by atoms with E-state index in [0.717, 1.165) is 19.4 Å². The first-order valence-corrected chi connectivity index (χ1v) is 4.42. The Kier molecular flexibility index (Phi) is 3.88. The summed E-state index contributed by atoms with van der Waals surface area (Å²) in [7, 11) is 0. The summed E-state index contributed by atoms with van der Waals surface area (Å²) in [5.74, 6) is 0.513. The van der Waals surface area contributed by atoms with Gasteiger partial charge in [-0.1, -0.05) is 13.3 Å². The minimum absolute atomic E-state index is 0.513. The van der Waals surface area contributed by atoms with Gasteiger partial charge in [0.25, 0.3) is 0 Å². The molecule has 1 aromatic heterocycles. The average molecular weight is 178 g/mol. The summed E-state index contributed by atoms with van der Waals surface area (Å²) in [6.07, 6.45) is 3.83. The molecule has 0 saturated carbocycles. The largest absolute Gasteiger partial charge is 0.396 e. The molecule has 1 aromatic rings. The molecule has 0 amide bonds. The van der Waals surface area contributed by atoms with Crippen LogP contribution >= 0.6 is 0 Å². The Balaban J connectivity index is 2.53. The lowest BCUT2D eigenvalue weighted by molar-refractivity contribution is 0.778. The van der Waals surface area contributed by atoms with Gasteiger partial charge in [-0.3, -0.25) is 0 Å². The number of anilines is 1. The number of rotatable bonds is 4. The molecule has 0 spiro atoms. The van der Waals surface area contributed by atoms with Gasteiger partial charge >= 0.3 is 0 Å². The number of nitrogens with zero attached hydrogens (tertiary/aromatic N) is 3. The highest BCUT2D eigenvalue weighted by Crippen LogP contribution is 2.16. The maximum Gasteiger partial charge on any atom is 0.197 e. The first-order valence-electron chi connectivity index (χ1n) is 4.42. The van der Waals surface area contributed by atoms with Crippen molar-refractivity contribution in [2.45, 2.75) is 19.8 Å². The normalized spacial score (nSPS) is 10.8. The second kappa shape index (κ2) is 5.24. The molecule has 13 heavy (non-hydrogen) atoms. The molecule has 4 nitrogen and oxygen atoms in total. The van der Waals surface area contributed by atoms with E-state index in [-0.39, 0.29) is 0 Å². The molecule has 0 unspecified atom stereocenters. The van der Waals surface area contributed by atoms with E-state index < -0.39 is 0 Å². The Morgan fingerprint density at radius 2 is 2.38 bits per heavy atom. The number of unbranched alkanes of at least 4 members (excludes halogenated alkanes) is 1. The van der Waals surface area contributed by atoms with E-state index in [9.17, 15) is 0 Å². The molecular formula is C9H14N4. The van der Waals surface area contributed by atoms with Crippen LogP contribution in [0.15, 0.2) is 28.6 Å². The number of pyridine rings is 1. The second-order valence-corrected chi connectivity index (χ2v) is 2.73. The number of aromatic nitrogens is 1. The molecular weight excluding hydrogens is 164 g/mol. The number of azo groups is 1. The fraction of sp³-hybridized carbons (Fsp3) is 0.444. The highest BCUT2D eigenvalue weighted by atomic mass is 15.1. The fourth-order valence-corrected chi connectivity index (χ4v) is 0.839. The van der Waals surface area contributed by atoms with Crippen LogP contribution < -0.4 is 5.73 Å². The van der Waals surface area contributed by atoms with Crippen molar-refractivity contribution in [1.29, 1.82) is 0 Å². The minimum Gasteiger partial charge on any atom is -0.396 e. The molecule has 0 radical (unpaired) electrons. The molecule has 2 N–H and O–H groups in total. The van der Waals surface area contributed by atoms with E-state index in [1.165, 1.54) is 0 Å². The third kappa shape index (κ3) is 3.19. The van der Waals surface area contributed by atoms with Crippen molar-refractivity contribution in [3.8, 4) is 0 Å². The van der Waals surface area contributed by atoms with Crippen molar-refractivity contribution in [3.63, 3.8) is 0 Å². The SMILES string of the molecule is CCCCN=Nc1ncccc1N. The predicted molar refractivity (Wildman–Crippen MR) is 52.9 cm³/mol. The molecule has 0 aliphatic heterocycles. The zero-order valence-electron chi connectivity index (χ0n) is 7.77. The molecule has 0 fully saturated rings. The van der Waals surface area contributed by atoms with Crippen molar-refractivity contribution in [2.75, 3.05) is 12.3 Å². The van der Waals surface area contributed by atoms with Crippen LogP contribution in [-0.4, -0.2) is 11.5 Å². The average Bonchev–Trinajstić information content (AvgIpc) is 2.15. The molecule has 0 bridgehead atoms. The number of nitrogens with two attached hydrogens (primary N) is 1. The van der Waals surface area contributed by atoms with E-state index in [4.69, 9.17) is 5.73 Å². The lowest BCUT2D eigenvalue weighted by atomic mass is 10.3. The monoisotopic (exact) mass is 178 g/mol. The maximum atomic E-state index is 5.62. The minimum atomic E-state index is 0.513. The van der Waals surface area contributed by atoms with Crippen LogP contribution in [0.3, 0.4) is 0 Å². The molecule has 4 heteroatoms. The van der Waals surface area contributed by atoms with Gasteiger partial charge in [0.2, 0.25) is 0 Å². The van der Waals surface area contributed by atoms with Gasteiger partial charge in [0, 0.05) is 6.20 Å². The van der Waals surface area contributed by atoms with Gasteiger partial charge in [0.05, 0.1) is 12.2 Å². The van der Waals surface area contributed by atoms with E-state index in [1.54, 1.807) is 18.3 Å². The van der Waals surface area contributed by atoms with Crippen LogP contribution in [-0.2, 0) is 0 Å². The Bertz CT molecular complexity index is 283. The van der Waals surface area contributed by atoms with Gasteiger partial charge in [0.1, 0.15) is 0 Å². The van der Waals surface area contributed by atoms with Crippen molar-refractivity contribution in [1.82, 2.24) is 4.98 Å². The van der Waals surface area contributed by atoms with Gasteiger partial charge in [-0.15, -0.1) is 5.11 Å². The summed E-state index contributed by atoms with van der Waals surface area (Å²) < 4.78 is 0. The second-order valence-electron chi connectivity index (χ2n) is 2.73. The Labute approximate surface area is 77.9 Å². The zero-order chi connectivity index (χ0) is 9.52. The molecule has 1 heterocycles.